The molecule has 0 saturated carbocycles. The molecule has 0 unspecified atom stereocenters. The summed E-state index contributed by atoms with van der Waals surface area (Å²) in [5.74, 6) is 0. The summed E-state index contributed by atoms with van der Waals surface area (Å²) < 4.78 is 1.69. The van der Waals surface area contributed by atoms with E-state index in [0.29, 0.717) is 6.54 Å². The van der Waals surface area contributed by atoms with Crippen molar-refractivity contribution in [3.05, 3.63) is 14.6 Å². The summed E-state index contributed by atoms with van der Waals surface area (Å²) in [5.41, 5.74) is 7.72. The molecule has 0 heterocycles. The van der Waals surface area contributed by atoms with Gasteiger partial charge in [-0.15, -0.1) is 0 Å². The van der Waals surface area contributed by atoms with Crippen LogP contribution in [0.15, 0.2) is 0 Å². The summed E-state index contributed by atoms with van der Waals surface area (Å²) in [4.78, 5) is 2.14. The van der Waals surface area contributed by atoms with Crippen LogP contribution in [0.2, 0.25) is 0 Å². The van der Waals surface area contributed by atoms with Gasteiger partial charge in [-0.2, -0.15) is 0 Å². The van der Waals surface area contributed by atoms with E-state index in [2.05, 4.69) is 4.90 Å². The van der Waals surface area contributed by atoms with Gasteiger partial charge in [-0.25, -0.2) is 0 Å². The Balaban J connectivity index is 2.74. The monoisotopic (exact) mass is 214 g/mol. The van der Waals surface area contributed by atoms with Gasteiger partial charge in [-0.05, 0) is 25.5 Å². The Morgan fingerprint density at radius 1 is 1.31 bits per heavy atom. The molecule has 0 fully saturated rings. The van der Waals surface area contributed by atoms with E-state index >= 15 is 0 Å². The lowest BCUT2D eigenvalue weighted by Crippen LogP contribution is -2.23. The van der Waals surface area contributed by atoms with Crippen molar-refractivity contribution in [2.75, 3.05) is 25.0 Å². The van der Waals surface area contributed by atoms with Crippen LogP contribution >= 0.6 is 24.4 Å². The first-order valence-corrected chi connectivity index (χ1v) is 5.12. The zero-order chi connectivity index (χ0) is 10.0. The maximum absolute atomic E-state index is 5.43. The van der Waals surface area contributed by atoms with Gasteiger partial charge in [-0.3, -0.25) is 0 Å². The second kappa shape index (κ2) is 4.26. The van der Waals surface area contributed by atoms with Crippen molar-refractivity contribution in [3.63, 3.8) is 0 Å². The van der Waals surface area contributed by atoms with Gasteiger partial charge >= 0.3 is 0 Å². The molecule has 0 amide bonds. The van der Waals surface area contributed by atoms with Crippen LogP contribution in [-0.4, -0.2) is 20.1 Å². The first-order chi connectivity index (χ1) is 6.09. The van der Waals surface area contributed by atoms with E-state index in [4.69, 9.17) is 30.2 Å². The van der Waals surface area contributed by atoms with Crippen LogP contribution in [0.4, 0.5) is 5.69 Å². The molecule has 0 bridgehead atoms. The van der Waals surface area contributed by atoms with E-state index in [1.807, 2.05) is 14.0 Å². The van der Waals surface area contributed by atoms with Crippen molar-refractivity contribution in [1.29, 1.82) is 0 Å². The fraction of sp³-hybridized carbons (Fsp3) is 0.556. The minimum atomic E-state index is 0.716. The van der Waals surface area contributed by atoms with Crippen molar-refractivity contribution >= 4 is 30.1 Å². The molecule has 0 spiro atoms. The number of nitrogens with zero attached hydrogens (tertiary/aromatic N) is 1. The molecule has 2 N–H and O–H groups in total. The maximum Gasteiger partial charge on any atom is 0.0797 e. The molecule has 0 aromatic heterocycles. The van der Waals surface area contributed by atoms with Gasteiger partial charge in [0.15, 0.2) is 0 Å². The third-order valence-corrected chi connectivity index (χ3v) is 3.23. The number of nitrogens with two attached hydrogens (primary N) is 1. The Morgan fingerprint density at radius 2 is 1.92 bits per heavy atom. The number of hydrogen-bond acceptors (Lipinski definition) is 4. The van der Waals surface area contributed by atoms with Gasteiger partial charge in [0.05, 0.1) is 14.7 Å². The third-order valence-electron chi connectivity index (χ3n) is 2.20. The second-order valence-corrected chi connectivity index (χ2v) is 4.01. The van der Waals surface area contributed by atoms with Crippen molar-refractivity contribution in [2.24, 2.45) is 5.73 Å². The fourth-order valence-corrected chi connectivity index (χ4v) is 2.05. The van der Waals surface area contributed by atoms with E-state index in [9.17, 15) is 0 Å². The smallest absolute Gasteiger partial charge is 0.0797 e. The molecule has 1 rings (SSSR count). The Labute approximate surface area is 89.1 Å². The largest absolute Gasteiger partial charge is 0.373 e. The van der Waals surface area contributed by atoms with E-state index in [1.165, 1.54) is 0 Å². The highest BCUT2D eigenvalue weighted by Crippen LogP contribution is 2.28. The zero-order valence-corrected chi connectivity index (χ0v) is 9.60. The van der Waals surface area contributed by atoms with Crippen LogP contribution in [0.3, 0.4) is 0 Å². The van der Waals surface area contributed by atoms with Gasteiger partial charge in [0.25, 0.3) is 0 Å². The normalized spacial score (nSPS) is 10.7. The van der Waals surface area contributed by atoms with Gasteiger partial charge in [0.1, 0.15) is 0 Å². The summed E-state index contributed by atoms with van der Waals surface area (Å²) in [5, 5.41) is 0. The van der Waals surface area contributed by atoms with Gasteiger partial charge < -0.3 is 10.6 Å². The Hall–Kier alpha value is -0.320. The minimum Gasteiger partial charge on any atom is -0.373 e. The molecule has 0 saturated heterocycles. The lowest BCUT2D eigenvalue weighted by molar-refractivity contribution is 0.790. The molecule has 72 valence electrons. The van der Waals surface area contributed by atoms with E-state index in [-0.39, 0.29) is 0 Å². The summed E-state index contributed by atoms with van der Waals surface area (Å²) >= 11 is 10.2. The number of hydrogen-bond donors (Lipinski definition) is 1. The zero-order valence-electron chi connectivity index (χ0n) is 7.96. The van der Waals surface area contributed by atoms with Gasteiger partial charge in [0, 0.05) is 13.6 Å². The highest BCUT2D eigenvalue weighted by Gasteiger charge is 2.13. The Bertz CT molecular complexity index is 363. The Kier molecular flexibility index (Phi) is 3.53. The molecule has 2 nitrogen and oxygen atoms in total. The van der Waals surface area contributed by atoms with Crippen molar-refractivity contribution in [1.82, 2.24) is 0 Å². The molecule has 1 aromatic carbocycles. The second-order valence-electron chi connectivity index (χ2n) is 3.20. The summed E-state index contributed by atoms with van der Waals surface area (Å²) in [6.07, 6.45) is 0.989. The van der Waals surface area contributed by atoms with Crippen LogP contribution in [0.25, 0.3) is 0 Å². The summed E-state index contributed by atoms with van der Waals surface area (Å²) in [6, 6.07) is 0. The predicted molar refractivity (Wildman–Crippen MR) is 62.2 cm³/mol. The first kappa shape index (κ1) is 10.8. The molecule has 4 heteroatoms. The lowest BCUT2D eigenvalue weighted by Gasteiger charge is -2.23. The Morgan fingerprint density at radius 3 is 2.38 bits per heavy atom. The first-order valence-electron chi connectivity index (χ1n) is 4.30. The molecule has 0 atom stereocenters. The summed E-state index contributed by atoms with van der Waals surface area (Å²) in [6.45, 7) is 3.69. The molecule has 0 aliphatic heterocycles. The van der Waals surface area contributed by atoms with Crippen LogP contribution in [-0.2, 0) is 0 Å². The molecule has 0 radical (unpaired) electrons. The fourth-order valence-electron chi connectivity index (χ4n) is 1.39. The quantitative estimate of drug-likeness (QED) is 0.777. The van der Waals surface area contributed by atoms with E-state index in [0.717, 1.165) is 33.2 Å². The molecule has 1 aromatic rings. The molecular formula is C9H14N2S2. The van der Waals surface area contributed by atoms with Crippen molar-refractivity contribution < 1.29 is 0 Å². The maximum atomic E-state index is 5.43. The predicted octanol–water partition coefficient (Wildman–Crippen LogP) is 2.11. The minimum absolute atomic E-state index is 0.716. The van der Waals surface area contributed by atoms with Crippen LogP contribution in [0.5, 0.6) is 0 Å². The lowest BCUT2D eigenvalue weighted by atomic mass is 10.1. The van der Waals surface area contributed by atoms with E-state index in [1.54, 1.807) is 0 Å². The van der Waals surface area contributed by atoms with Crippen LogP contribution < -0.4 is 10.6 Å². The standard InChI is InChI=1S/C9H14N2S2/c1-6-7(9(13)8(6)12)11(2)5-3-4-10/h3-5,10H2,1-2H3. The highest BCUT2D eigenvalue weighted by atomic mass is 32.1. The number of anilines is 1. The average molecular weight is 214 g/mol. The SMILES string of the molecule is Cc1c(N(C)CCCN)c(=S)c1=S. The van der Waals surface area contributed by atoms with Crippen molar-refractivity contribution in [3.8, 4) is 0 Å². The number of rotatable bonds is 4. The highest BCUT2D eigenvalue weighted by molar-refractivity contribution is 7.74. The van der Waals surface area contributed by atoms with Crippen molar-refractivity contribution in [2.45, 2.75) is 13.3 Å². The third kappa shape index (κ3) is 1.95. The van der Waals surface area contributed by atoms with Crippen LogP contribution in [0, 0.1) is 15.9 Å². The molecule has 0 aliphatic rings. The van der Waals surface area contributed by atoms with E-state index < -0.39 is 0 Å². The molecule has 13 heavy (non-hydrogen) atoms. The summed E-state index contributed by atoms with van der Waals surface area (Å²) in [7, 11) is 2.03. The molecule has 0 aliphatic carbocycles. The van der Waals surface area contributed by atoms with Crippen LogP contribution in [0.1, 0.15) is 12.0 Å². The van der Waals surface area contributed by atoms with Gasteiger partial charge in [0.2, 0.25) is 0 Å². The topological polar surface area (TPSA) is 29.3 Å². The molecular weight excluding hydrogens is 200 g/mol. The average Bonchev–Trinajstić information content (AvgIpc) is 2.14. The van der Waals surface area contributed by atoms with Gasteiger partial charge in [-0.1, -0.05) is 24.4 Å².